The van der Waals surface area contributed by atoms with Gasteiger partial charge in [-0.2, -0.15) is 0 Å². The first-order valence-corrected chi connectivity index (χ1v) is 9.02. The lowest BCUT2D eigenvalue weighted by atomic mass is 9.84. The van der Waals surface area contributed by atoms with Crippen LogP contribution >= 0.6 is 0 Å². The SMILES string of the molecule is O[C@H]1O[C@@H](c2ccc3c(c2)OCO3)[C@H]2CO[C@@H](c3ccc4c(c3)OCO4)[C@H]21. The van der Waals surface area contributed by atoms with E-state index in [1.165, 1.54) is 0 Å². The highest BCUT2D eigenvalue weighted by Crippen LogP contribution is 2.54. The third-order valence-corrected chi connectivity index (χ3v) is 5.77. The highest BCUT2D eigenvalue weighted by atomic mass is 16.7. The molecule has 2 aromatic rings. The van der Waals surface area contributed by atoms with Crippen molar-refractivity contribution in [2.75, 3.05) is 20.2 Å². The van der Waals surface area contributed by atoms with Gasteiger partial charge in [-0.3, -0.25) is 0 Å². The van der Waals surface area contributed by atoms with Crippen LogP contribution in [0.15, 0.2) is 36.4 Å². The molecule has 7 heteroatoms. The second kappa shape index (κ2) is 5.76. The van der Waals surface area contributed by atoms with E-state index in [-0.39, 0.29) is 37.6 Å². The lowest BCUT2D eigenvalue weighted by molar-refractivity contribution is -0.134. The fourth-order valence-electron chi connectivity index (χ4n) is 4.48. The summed E-state index contributed by atoms with van der Waals surface area (Å²) in [5.74, 6) is 2.78. The largest absolute Gasteiger partial charge is 0.454 e. The van der Waals surface area contributed by atoms with E-state index in [1.54, 1.807) is 0 Å². The van der Waals surface area contributed by atoms with Crippen molar-refractivity contribution in [3.63, 3.8) is 0 Å². The van der Waals surface area contributed by atoms with E-state index in [0.29, 0.717) is 18.1 Å². The Morgan fingerprint density at radius 1 is 0.741 bits per heavy atom. The molecule has 0 spiro atoms. The van der Waals surface area contributed by atoms with Crippen molar-refractivity contribution in [3.05, 3.63) is 47.5 Å². The first-order chi connectivity index (χ1) is 13.3. The molecule has 7 nitrogen and oxygen atoms in total. The van der Waals surface area contributed by atoms with Gasteiger partial charge in [0, 0.05) is 11.8 Å². The lowest BCUT2D eigenvalue weighted by Gasteiger charge is -2.20. The van der Waals surface area contributed by atoms with E-state index in [9.17, 15) is 5.11 Å². The van der Waals surface area contributed by atoms with Gasteiger partial charge < -0.3 is 33.5 Å². The van der Waals surface area contributed by atoms with Gasteiger partial charge in [-0.25, -0.2) is 0 Å². The van der Waals surface area contributed by atoms with Gasteiger partial charge in [0.2, 0.25) is 13.6 Å². The van der Waals surface area contributed by atoms with Crippen LogP contribution in [0.2, 0.25) is 0 Å². The van der Waals surface area contributed by atoms with Gasteiger partial charge in [-0.1, -0.05) is 12.1 Å². The first-order valence-electron chi connectivity index (χ1n) is 9.02. The van der Waals surface area contributed by atoms with Gasteiger partial charge in [-0.05, 0) is 35.4 Å². The van der Waals surface area contributed by atoms with Crippen molar-refractivity contribution in [3.8, 4) is 23.0 Å². The Kier molecular flexibility index (Phi) is 3.32. The first kappa shape index (κ1) is 15.6. The van der Waals surface area contributed by atoms with E-state index in [2.05, 4.69) is 0 Å². The van der Waals surface area contributed by atoms with Crippen molar-refractivity contribution in [2.45, 2.75) is 18.5 Å². The molecule has 0 saturated carbocycles. The summed E-state index contributed by atoms with van der Waals surface area (Å²) in [5.41, 5.74) is 1.92. The summed E-state index contributed by atoms with van der Waals surface area (Å²) in [6.45, 7) is 0.975. The topological polar surface area (TPSA) is 75.6 Å². The van der Waals surface area contributed by atoms with E-state index in [4.69, 9.17) is 28.4 Å². The molecule has 4 aliphatic heterocycles. The summed E-state index contributed by atoms with van der Waals surface area (Å²) in [6, 6.07) is 11.5. The van der Waals surface area contributed by atoms with Gasteiger partial charge in [0.1, 0.15) is 0 Å². The van der Waals surface area contributed by atoms with Crippen LogP contribution in [-0.2, 0) is 9.47 Å². The summed E-state index contributed by atoms with van der Waals surface area (Å²) < 4.78 is 33.7. The fraction of sp³-hybridized carbons (Fsp3) is 0.400. The van der Waals surface area contributed by atoms with E-state index in [0.717, 1.165) is 22.6 Å². The number of ether oxygens (including phenoxy) is 6. The molecular weight excluding hydrogens is 352 g/mol. The normalized spacial score (nSPS) is 32.7. The number of hydrogen-bond acceptors (Lipinski definition) is 7. The maximum absolute atomic E-state index is 10.6. The predicted molar refractivity (Wildman–Crippen MR) is 90.6 cm³/mol. The molecule has 2 fully saturated rings. The van der Waals surface area contributed by atoms with Crippen molar-refractivity contribution in [1.82, 2.24) is 0 Å². The molecule has 4 aliphatic rings. The van der Waals surface area contributed by atoms with E-state index >= 15 is 0 Å². The van der Waals surface area contributed by atoms with Gasteiger partial charge >= 0.3 is 0 Å². The monoisotopic (exact) mass is 370 g/mol. The lowest BCUT2D eigenvalue weighted by Crippen LogP contribution is -2.22. The molecule has 140 valence electrons. The van der Waals surface area contributed by atoms with Crippen molar-refractivity contribution < 1.29 is 33.5 Å². The molecule has 0 aromatic heterocycles. The zero-order chi connectivity index (χ0) is 18.0. The zero-order valence-electron chi connectivity index (χ0n) is 14.4. The van der Waals surface area contributed by atoms with Gasteiger partial charge in [0.15, 0.2) is 29.3 Å². The van der Waals surface area contributed by atoms with Crippen LogP contribution in [0.1, 0.15) is 23.3 Å². The minimum Gasteiger partial charge on any atom is -0.454 e. The Hall–Kier alpha value is -2.48. The van der Waals surface area contributed by atoms with Crippen LogP contribution in [0.5, 0.6) is 23.0 Å². The maximum atomic E-state index is 10.6. The van der Waals surface area contributed by atoms with E-state index in [1.807, 2.05) is 36.4 Å². The van der Waals surface area contributed by atoms with Crippen LogP contribution in [-0.4, -0.2) is 31.6 Å². The quantitative estimate of drug-likeness (QED) is 0.871. The highest BCUT2D eigenvalue weighted by Gasteiger charge is 2.53. The Morgan fingerprint density at radius 2 is 1.33 bits per heavy atom. The summed E-state index contributed by atoms with van der Waals surface area (Å²) in [5, 5.41) is 10.6. The predicted octanol–water partition coefficient (Wildman–Crippen LogP) is 2.54. The molecule has 2 aromatic carbocycles. The summed E-state index contributed by atoms with van der Waals surface area (Å²) >= 11 is 0. The Balaban J connectivity index is 1.30. The number of aliphatic hydroxyl groups is 1. The molecule has 0 radical (unpaired) electrons. The summed E-state index contributed by atoms with van der Waals surface area (Å²) in [6.07, 6.45) is -1.40. The zero-order valence-corrected chi connectivity index (χ0v) is 14.4. The molecule has 0 unspecified atom stereocenters. The second-order valence-electron chi connectivity index (χ2n) is 7.17. The van der Waals surface area contributed by atoms with Gasteiger partial charge in [0.05, 0.1) is 18.8 Å². The molecule has 2 saturated heterocycles. The van der Waals surface area contributed by atoms with E-state index < -0.39 is 6.29 Å². The van der Waals surface area contributed by atoms with Crippen molar-refractivity contribution in [1.29, 1.82) is 0 Å². The second-order valence-corrected chi connectivity index (χ2v) is 7.17. The summed E-state index contributed by atoms with van der Waals surface area (Å²) in [7, 11) is 0. The number of aliphatic hydroxyl groups excluding tert-OH is 1. The molecule has 27 heavy (non-hydrogen) atoms. The third-order valence-electron chi connectivity index (χ3n) is 5.77. The number of rotatable bonds is 2. The van der Waals surface area contributed by atoms with Crippen molar-refractivity contribution >= 4 is 0 Å². The average molecular weight is 370 g/mol. The molecule has 0 bridgehead atoms. The third kappa shape index (κ3) is 2.32. The van der Waals surface area contributed by atoms with Crippen molar-refractivity contribution in [2.24, 2.45) is 11.8 Å². The average Bonchev–Trinajstić information content (AvgIpc) is 3.45. The number of hydrogen-bond donors (Lipinski definition) is 1. The minimum atomic E-state index is -0.900. The fourth-order valence-corrected chi connectivity index (χ4v) is 4.48. The molecule has 1 N–H and O–H groups in total. The molecule has 4 heterocycles. The smallest absolute Gasteiger partial charge is 0.231 e. The Labute approximate surface area is 155 Å². The number of benzene rings is 2. The van der Waals surface area contributed by atoms with Gasteiger partial charge in [-0.15, -0.1) is 0 Å². The molecule has 0 aliphatic carbocycles. The standard InChI is InChI=1S/C20H18O7/c21-20-17-12(18(27-20)10-1-3-13-15(5-10)25-8-23-13)7-22-19(17)11-2-4-14-16(6-11)26-9-24-14/h1-6,12,17-21H,7-9H2/t12-,17-,18-,19-,20-/m0/s1. The van der Waals surface area contributed by atoms with Crippen LogP contribution in [0, 0.1) is 11.8 Å². The maximum Gasteiger partial charge on any atom is 0.231 e. The minimum absolute atomic E-state index is 0.0517. The summed E-state index contributed by atoms with van der Waals surface area (Å²) in [4.78, 5) is 0. The van der Waals surface area contributed by atoms with Crippen LogP contribution in [0.3, 0.4) is 0 Å². The van der Waals surface area contributed by atoms with Crippen LogP contribution < -0.4 is 18.9 Å². The Morgan fingerprint density at radius 3 is 2.00 bits per heavy atom. The number of fused-ring (bicyclic) bond motifs is 3. The molecular formula is C20H18O7. The molecule has 0 amide bonds. The van der Waals surface area contributed by atoms with Crippen LogP contribution in [0.4, 0.5) is 0 Å². The molecule has 5 atom stereocenters. The van der Waals surface area contributed by atoms with Crippen LogP contribution in [0.25, 0.3) is 0 Å². The molecule has 6 rings (SSSR count). The Bertz CT molecular complexity index is 842. The van der Waals surface area contributed by atoms with Gasteiger partial charge in [0.25, 0.3) is 0 Å². The highest BCUT2D eigenvalue weighted by molar-refractivity contribution is 5.47.